The number of hydrogen-bond acceptors (Lipinski definition) is 5. The quantitative estimate of drug-likeness (QED) is 0.395. The van der Waals surface area contributed by atoms with Crippen LogP contribution in [-0.4, -0.2) is 64.7 Å². The molecule has 1 aliphatic rings. The average Bonchev–Trinajstić information content (AvgIpc) is 3.63. The van der Waals surface area contributed by atoms with Crippen LogP contribution in [0.2, 0.25) is 0 Å². The predicted molar refractivity (Wildman–Crippen MR) is 135 cm³/mol. The summed E-state index contributed by atoms with van der Waals surface area (Å²) in [6.45, 7) is 1.97. The number of nitrogens with zero attached hydrogens (tertiary/aromatic N) is 4. The van der Waals surface area contributed by atoms with Gasteiger partial charge in [0.15, 0.2) is 5.76 Å². The van der Waals surface area contributed by atoms with Crippen molar-refractivity contribution in [2.75, 3.05) is 33.3 Å². The largest absolute Gasteiger partial charge is 0.497 e. The molecule has 0 saturated carbocycles. The molecule has 0 unspecified atom stereocenters. The second kappa shape index (κ2) is 10.5. The Bertz CT molecular complexity index is 1310. The molecule has 5 rings (SSSR count). The highest BCUT2D eigenvalue weighted by molar-refractivity contribution is 5.94. The summed E-state index contributed by atoms with van der Waals surface area (Å²) >= 11 is 0. The molecule has 184 valence electrons. The molecule has 8 nitrogen and oxygen atoms in total. The van der Waals surface area contributed by atoms with Gasteiger partial charge < -0.3 is 19.0 Å². The third-order valence-electron chi connectivity index (χ3n) is 6.41. The Morgan fingerprint density at radius 3 is 2.31 bits per heavy atom. The minimum atomic E-state index is -0.116. The summed E-state index contributed by atoms with van der Waals surface area (Å²) in [6.07, 6.45) is 2.70. The standard InChI is InChI=1S/C28H28N4O4/c1-35-23-12-9-21(10-13-23)11-14-27(33)30-15-17-31(18-16-30)28(34)25-20-24(26-8-5-19-36-26)29-32(25)22-6-3-2-4-7-22/h2-10,12-13,19-20H,11,14-18H2,1H3. The number of piperazine rings is 1. The van der Waals surface area contributed by atoms with Gasteiger partial charge in [0.05, 0.1) is 19.1 Å². The fourth-order valence-corrected chi connectivity index (χ4v) is 4.37. The Labute approximate surface area is 209 Å². The number of benzene rings is 2. The molecule has 0 aliphatic carbocycles. The van der Waals surface area contributed by atoms with Crippen LogP contribution in [0.3, 0.4) is 0 Å². The van der Waals surface area contributed by atoms with E-state index in [-0.39, 0.29) is 11.8 Å². The first-order chi connectivity index (χ1) is 17.6. The molecule has 1 saturated heterocycles. The Kier molecular flexibility index (Phi) is 6.84. The van der Waals surface area contributed by atoms with E-state index in [0.717, 1.165) is 17.0 Å². The number of ether oxygens (including phenoxy) is 1. The molecule has 0 spiro atoms. The topological polar surface area (TPSA) is 80.8 Å². The minimum absolute atomic E-state index is 0.104. The van der Waals surface area contributed by atoms with Gasteiger partial charge in [0, 0.05) is 38.7 Å². The van der Waals surface area contributed by atoms with E-state index in [0.29, 0.717) is 56.2 Å². The van der Waals surface area contributed by atoms with Gasteiger partial charge in [-0.1, -0.05) is 30.3 Å². The number of carbonyl (C=O) groups excluding carboxylic acids is 2. The van der Waals surface area contributed by atoms with E-state index in [1.807, 2.05) is 65.6 Å². The molecule has 2 amide bonds. The second-order valence-electron chi connectivity index (χ2n) is 8.66. The van der Waals surface area contributed by atoms with E-state index >= 15 is 0 Å². The van der Waals surface area contributed by atoms with Crippen molar-refractivity contribution in [1.29, 1.82) is 0 Å². The van der Waals surface area contributed by atoms with E-state index in [2.05, 4.69) is 5.10 Å². The molecular formula is C28H28N4O4. The number of aromatic nitrogens is 2. The molecule has 0 atom stereocenters. The number of rotatable bonds is 7. The van der Waals surface area contributed by atoms with Crippen LogP contribution in [0.1, 0.15) is 22.5 Å². The first-order valence-corrected chi connectivity index (χ1v) is 12.0. The monoisotopic (exact) mass is 484 g/mol. The minimum Gasteiger partial charge on any atom is -0.497 e. The van der Waals surface area contributed by atoms with E-state index in [1.54, 1.807) is 35.1 Å². The number of amides is 2. The molecule has 3 heterocycles. The van der Waals surface area contributed by atoms with Gasteiger partial charge >= 0.3 is 0 Å². The summed E-state index contributed by atoms with van der Waals surface area (Å²) in [6, 6.07) is 22.7. The molecule has 2 aromatic heterocycles. The molecule has 1 fully saturated rings. The van der Waals surface area contributed by atoms with Gasteiger partial charge in [0.25, 0.3) is 5.91 Å². The molecule has 1 aliphatic heterocycles. The van der Waals surface area contributed by atoms with Crippen molar-refractivity contribution in [2.24, 2.45) is 0 Å². The van der Waals surface area contributed by atoms with E-state index < -0.39 is 0 Å². The van der Waals surface area contributed by atoms with Gasteiger partial charge in [-0.3, -0.25) is 9.59 Å². The molecule has 0 radical (unpaired) electrons. The maximum absolute atomic E-state index is 13.5. The van der Waals surface area contributed by atoms with Gasteiger partial charge in [0.2, 0.25) is 5.91 Å². The third-order valence-corrected chi connectivity index (χ3v) is 6.41. The lowest BCUT2D eigenvalue weighted by atomic mass is 10.1. The highest BCUT2D eigenvalue weighted by Crippen LogP contribution is 2.24. The zero-order valence-corrected chi connectivity index (χ0v) is 20.2. The molecule has 0 bridgehead atoms. The van der Waals surface area contributed by atoms with E-state index in [9.17, 15) is 9.59 Å². The molecule has 8 heteroatoms. The van der Waals surface area contributed by atoms with Gasteiger partial charge in [-0.25, -0.2) is 4.68 Å². The Balaban J connectivity index is 1.24. The van der Waals surface area contributed by atoms with E-state index in [4.69, 9.17) is 9.15 Å². The fourth-order valence-electron chi connectivity index (χ4n) is 4.37. The van der Waals surface area contributed by atoms with Gasteiger partial charge in [0.1, 0.15) is 17.1 Å². The van der Waals surface area contributed by atoms with Crippen molar-refractivity contribution < 1.29 is 18.7 Å². The van der Waals surface area contributed by atoms with Crippen molar-refractivity contribution in [3.63, 3.8) is 0 Å². The van der Waals surface area contributed by atoms with Crippen molar-refractivity contribution in [2.45, 2.75) is 12.8 Å². The lowest BCUT2D eigenvalue weighted by molar-refractivity contribution is -0.132. The zero-order chi connectivity index (χ0) is 24.9. The number of hydrogen-bond donors (Lipinski definition) is 0. The lowest BCUT2D eigenvalue weighted by Gasteiger charge is -2.34. The summed E-state index contributed by atoms with van der Waals surface area (Å²) in [5, 5.41) is 4.65. The second-order valence-corrected chi connectivity index (χ2v) is 8.66. The van der Waals surface area contributed by atoms with Gasteiger partial charge in [-0.15, -0.1) is 0 Å². The van der Waals surface area contributed by atoms with Crippen molar-refractivity contribution in [3.05, 3.63) is 90.3 Å². The van der Waals surface area contributed by atoms with Gasteiger partial charge in [-0.05, 0) is 48.4 Å². The highest BCUT2D eigenvalue weighted by atomic mass is 16.5. The third kappa shape index (κ3) is 5.02. The number of para-hydroxylation sites is 1. The number of methoxy groups -OCH3 is 1. The maximum Gasteiger partial charge on any atom is 0.272 e. The first-order valence-electron chi connectivity index (χ1n) is 12.0. The summed E-state index contributed by atoms with van der Waals surface area (Å²) in [5.41, 5.74) is 2.96. The summed E-state index contributed by atoms with van der Waals surface area (Å²) in [4.78, 5) is 30.0. The average molecular weight is 485 g/mol. The smallest absolute Gasteiger partial charge is 0.272 e. The summed E-state index contributed by atoms with van der Waals surface area (Å²) < 4.78 is 12.4. The van der Waals surface area contributed by atoms with Crippen molar-refractivity contribution >= 4 is 11.8 Å². The summed E-state index contributed by atoms with van der Waals surface area (Å²) in [5.74, 6) is 1.39. The Morgan fingerprint density at radius 1 is 0.917 bits per heavy atom. The van der Waals surface area contributed by atoms with Crippen LogP contribution in [0.25, 0.3) is 17.1 Å². The maximum atomic E-state index is 13.5. The first kappa shape index (κ1) is 23.4. The lowest BCUT2D eigenvalue weighted by Crippen LogP contribution is -2.51. The molecule has 0 N–H and O–H groups in total. The van der Waals surface area contributed by atoms with Crippen molar-refractivity contribution in [1.82, 2.24) is 19.6 Å². The van der Waals surface area contributed by atoms with E-state index in [1.165, 1.54) is 0 Å². The Morgan fingerprint density at radius 2 is 1.64 bits per heavy atom. The SMILES string of the molecule is COc1ccc(CCC(=O)N2CCN(C(=O)c3cc(-c4ccco4)nn3-c3ccccc3)CC2)cc1. The van der Waals surface area contributed by atoms with Crippen LogP contribution >= 0.6 is 0 Å². The van der Waals surface area contributed by atoms with Crippen LogP contribution in [0.4, 0.5) is 0 Å². The molecular weight excluding hydrogens is 456 g/mol. The number of furan rings is 1. The van der Waals surface area contributed by atoms with Crippen LogP contribution in [0, 0.1) is 0 Å². The summed E-state index contributed by atoms with van der Waals surface area (Å²) in [7, 11) is 1.64. The molecule has 4 aromatic rings. The number of aryl methyl sites for hydroxylation is 1. The van der Waals surface area contributed by atoms with Crippen LogP contribution in [0.5, 0.6) is 5.75 Å². The van der Waals surface area contributed by atoms with Crippen molar-refractivity contribution in [3.8, 4) is 22.9 Å². The Hall–Kier alpha value is -4.33. The highest BCUT2D eigenvalue weighted by Gasteiger charge is 2.28. The van der Waals surface area contributed by atoms with Crippen LogP contribution in [0.15, 0.2) is 83.5 Å². The zero-order valence-electron chi connectivity index (χ0n) is 20.2. The fraction of sp³-hybridized carbons (Fsp3) is 0.250. The molecule has 36 heavy (non-hydrogen) atoms. The van der Waals surface area contributed by atoms with Crippen LogP contribution in [-0.2, 0) is 11.2 Å². The predicted octanol–water partition coefficient (Wildman–Crippen LogP) is 4.06. The normalized spacial score (nSPS) is 13.6. The van der Waals surface area contributed by atoms with Crippen LogP contribution < -0.4 is 4.74 Å². The number of carbonyl (C=O) groups is 2. The van der Waals surface area contributed by atoms with Gasteiger partial charge in [-0.2, -0.15) is 5.10 Å². The molecule has 2 aromatic carbocycles.